The Labute approximate surface area is 130 Å². The Morgan fingerprint density at radius 2 is 1.77 bits per heavy atom. The summed E-state index contributed by atoms with van der Waals surface area (Å²) in [4.78, 5) is 11.0. The van der Waals surface area contributed by atoms with Crippen molar-refractivity contribution in [2.45, 2.75) is 23.1 Å². The van der Waals surface area contributed by atoms with Crippen LogP contribution in [0.25, 0.3) is 0 Å². The Morgan fingerprint density at radius 1 is 1.18 bits per heavy atom. The van der Waals surface area contributed by atoms with Gasteiger partial charge in [-0.05, 0) is 18.2 Å². The average Bonchev–Trinajstić information content (AvgIpc) is 2.46. The van der Waals surface area contributed by atoms with Crippen LogP contribution in [0, 0.1) is 0 Å². The number of benzene rings is 1. The second-order valence-electron chi connectivity index (χ2n) is 4.57. The Balaban J connectivity index is 3.14. The molecule has 0 spiro atoms. The maximum absolute atomic E-state index is 12.5. The van der Waals surface area contributed by atoms with Gasteiger partial charge in [0, 0.05) is 19.3 Å². The first kappa shape index (κ1) is 18.6. The number of sulfone groups is 1. The number of carbonyl (C=O) groups excluding carboxylic acids is 1. The van der Waals surface area contributed by atoms with E-state index in [9.17, 15) is 21.6 Å². The second kappa shape index (κ2) is 7.21. The fourth-order valence-corrected chi connectivity index (χ4v) is 4.02. The van der Waals surface area contributed by atoms with Crippen molar-refractivity contribution in [2.24, 2.45) is 0 Å². The van der Waals surface area contributed by atoms with Crippen molar-refractivity contribution in [1.82, 2.24) is 4.31 Å². The minimum absolute atomic E-state index is 0.0331. The third kappa shape index (κ3) is 4.52. The van der Waals surface area contributed by atoms with Crippen molar-refractivity contribution in [1.29, 1.82) is 0 Å². The predicted molar refractivity (Wildman–Crippen MR) is 80.6 cm³/mol. The van der Waals surface area contributed by atoms with Gasteiger partial charge in [0.05, 0.1) is 23.3 Å². The summed E-state index contributed by atoms with van der Waals surface area (Å²) in [5, 5.41) is 0. The third-order valence-electron chi connectivity index (χ3n) is 3.02. The zero-order chi connectivity index (χ0) is 17.0. The molecule has 0 fully saturated rings. The van der Waals surface area contributed by atoms with E-state index in [4.69, 9.17) is 0 Å². The molecule has 1 aromatic carbocycles. The Kier molecular flexibility index (Phi) is 6.09. The van der Waals surface area contributed by atoms with Gasteiger partial charge in [-0.25, -0.2) is 16.8 Å². The molecule has 0 atom stereocenters. The molecule has 0 aliphatic rings. The molecule has 0 aromatic heterocycles. The molecule has 0 heterocycles. The Bertz CT molecular complexity index is 740. The van der Waals surface area contributed by atoms with Crippen LogP contribution in [-0.4, -0.2) is 53.6 Å². The molecule has 1 rings (SSSR count). The normalized spacial score (nSPS) is 12.4. The van der Waals surface area contributed by atoms with Gasteiger partial charge in [-0.3, -0.25) is 4.79 Å². The first-order chi connectivity index (χ1) is 10.1. The predicted octanol–water partition coefficient (Wildman–Crippen LogP) is 0.664. The SMILES string of the molecule is CCN(CCC(=O)OC)S(=O)(=O)c1cccc(S(C)(=O)=O)c1. The highest BCUT2D eigenvalue weighted by atomic mass is 32.2. The van der Waals surface area contributed by atoms with Crippen molar-refractivity contribution < 1.29 is 26.4 Å². The van der Waals surface area contributed by atoms with Crippen LogP contribution in [0.15, 0.2) is 34.1 Å². The van der Waals surface area contributed by atoms with Gasteiger partial charge in [0.15, 0.2) is 9.84 Å². The van der Waals surface area contributed by atoms with Crippen LogP contribution in [0.1, 0.15) is 13.3 Å². The lowest BCUT2D eigenvalue weighted by Gasteiger charge is -2.20. The zero-order valence-corrected chi connectivity index (χ0v) is 14.3. The number of methoxy groups -OCH3 is 1. The summed E-state index contributed by atoms with van der Waals surface area (Å²) in [7, 11) is -6.16. The number of rotatable bonds is 7. The molecule has 9 heteroatoms. The number of ether oxygens (including phenoxy) is 1. The number of esters is 1. The van der Waals surface area contributed by atoms with Crippen molar-refractivity contribution in [2.75, 3.05) is 26.5 Å². The van der Waals surface area contributed by atoms with Crippen LogP contribution in [-0.2, 0) is 29.4 Å². The van der Waals surface area contributed by atoms with Crippen molar-refractivity contribution in [3.8, 4) is 0 Å². The van der Waals surface area contributed by atoms with Gasteiger partial charge >= 0.3 is 5.97 Å². The molecule has 0 saturated carbocycles. The quantitative estimate of drug-likeness (QED) is 0.671. The molecule has 0 saturated heterocycles. The molecule has 22 heavy (non-hydrogen) atoms. The average molecular weight is 349 g/mol. The van der Waals surface area contributed by atoms with Gasteiger partial charge in [-0.15, -0.1) is 0 Å². The molecule has 1 aromatic rings. The molecule has 7 nitrogen and oxygen atoms in total. The molecule has 0 unspecified atom stereocenters. The van der Waals surface area contributed by atoms with Gasteiger partial charge < -0.3 is 4.74 Å². The van der Waals surface area contributed by atoms with E-state index < -0.39 is 25.8 Å². The van der Waals surface area contributed by atoms with Crippen molar-refractivity contribution >= 4 is 25.8 Å². The lowest BCUT2D eigenvalue weighted by Crippen LogP contribution is -2.33. The van der Waals surface area contributed by atoms with E-state index in [2.05, 4.69) is 4.74 Å². The van der Waals surface area contributed by atoms with E-state index in [1.165, 1.54) is 25.3 Å². The summed E-state index contributed by atoms with van der Waals surface area (Å²) in [6, 6.07) is 5.15. The summed E-state index contributed by atoms with van der Waals surface area (Å²) in [5.41, 5.74) is 0. The number of hydrogen-bond donors (Lipinski definition) is 0. The topological polar surface area (TPSA) is 97.8 Å². The highest BCUT2D eigenvalue weighted by molar-refractivity contribution is 7.91. The van der Waals surface area contributed by atoms with Crippen LogP contribution >= 0.6 is 0 Å². The number of nitrogens with zero attached hydrogens (tertiary/aromatic N) is 1. The first-order valence-corrected chi connectivity index (χ1v) is 9.83. The second-order valence-corrected chi connectivity index (χ2v) is 8.52. The number of hydrogen-bond acceptors (Lipinski definition) is 6. The van der Waals surface area contributed by atoms with Crippen LogP contribution < -0.4 is 0 Å². The van der Waals surface area contributed by atoms with Gasteiger partial charge in [0.25, 0.3) is 0 Å². The van der Waals surface area contributed by atoms with Crippen molar-refractivity contribution in [3.63, 3.8) is 0 Å². The Morgan fingerprint density at radius 3 is 2.27 bits per heavy atom. The molecular formula is C13H19NO6S2. The minimum atomic E-state index is -3.88. The van der Waals surface area contributed by atoms with Crippen LogP contribution in [0.4, 0.5) is 0 Å². The molecule has 0 radical (unpaired) electrons. The van der Waals surface area contributed by atoms with Crippen LogP contribution in [0.2, 0.25) is 0 Å². The van der Waals surface area contributed by atoms with E-state index in [1.54, 1.807) is 6.92 Å². The molecular weight excluding hydrogens is 330 g/mol. The standard InChI is InChI=1S/C13H19NO6S2/c1-4-14(9-8-13(15)20-2)22(18,19)12-7-5-6-11(10-12)21(3,16)17/h5-7,10H,4,8-9H2,1-3H3. The van der Waals surface area contributed by atoms with Crippen LogP contribution in [0.5, 0.6) is 0 Å². The lowest BCUT2D eigenvalue weighted by molar-refractivity contribution is -0.140. The minimum Gasteiger partial charge on any atom is -0.469 e. The van der Waals surface area contributed by atoms with E-state index >= 15 is 0 Å². The van der Waals surface area contributed by atoms with Gasteiger partial charge in [-0.2, -0.15) is 4.31 Å². The van der Waals surface area contributed by atoms with E-state index in [0.717, 1.165) is 16.6 Å². The maximum atomic E-state index is 12.5. The monoisotopic (exact) mass is 349 g/mol. The molecule has 124 valence electrons. The van der Waals surface area contributed by atoms with Crippen molar-refractivity contribution in [3.05, 3.63) is 24.3 Å². The highest BCUT2D eigenvalue weighted by Crippen LogP contribution is 2.19. The molecule has 0 aliphatic carbocycles. The summed E-state index contributed by atoms with van der Waals surface area (Å²) in [5.74, 6) is -0.515. The van der Waals surface area contributed by atoms with Gasteiger partial charge in [-0.1, -0.05) is 13.0 Å². The van der Waals surface area contributed by atoms with Gasteiger partial charge in [0.1, 0.15) is 0 Å². The summed E-state index contributed by atoms with van der Waals surface area (Å²) < 4.78 is 53.7. The van der Waals surface area contributed by atoms with Gasteiger partial charge in [0.2, 0.25) is 10.0 Å². The molecule has 0 aliphatic heterocycles. The molecule has 0 bridgehead atoms. The Hall–Kier alpha value is -1.45. The largest absolute Gasteiger partial charge is 0.469 e. The fraction of sp³-hybridized carbons (Fsp3) is 0.462. The van der Waals surface area contributed by atoms with E-state index in [1.807, 2.05) is 0 Å². The first-order valence-electron chi connectivity index (χ1n) is 6.50. The molecule has 0 N–H and O–H groups in total. The van der Waals surface area contributed by atoms with E-state index in [-0.39, 0.29) is 29.3 Å². The third-order valence-corrected chi connectivity index (χ3v) is 6.10. The zero-order valence-electron chi connectivity index (χ0n) is 12.6. The summed E-state index contributed by atoms with van der Waals surface area (Å²) in [6.07, 6.45) is 0.933. The fourth-order valence-electron chi connectivity index (χ4n) is 1.78. The summed E-state index contributed by atoms with van der Waals surface area (Å²) >= 11 is 0. The van der Waals surface area contributed by atoms with Crippen LogP contribution in [0.3, 0.4) is 0 Å². The molecule has 0 amide bonds. The summed E-state index contributed by atoms with van der Waals surface area (Å²) in [6.45, 7) is 1.76. The lowest BCUT2D eigenvalue weighted by atomic mass is 10.4. The number of sulfonamides is 1. The smallest absolute Gasteiger partial charge is 0.306 e. The van der Waals surface area contributed by atoms with E-state index in [0.29, 0.717) is 0 Å². The highest BCUT2D eigenvalue weighted by Gasteiger charge is 2.24. The maximum Gasteiger partial charge on any atom is 0.306 e. The number of carbonyl (C=O) groups is 1.